The van der Waals surface area contributed by atoms with E-state index in [2.05, 4.69) is 0 Å². The lowest BCUT2D eigenvalue weighted by atomic mass is 9.88. The van der Waals surface area contributed by atoms with Crippen molar-refractivity contribution in [2.24, 2.45) is 5.92 Å². The van der Waals surface area contributed by atoms with Crippen LogP contribution in [0.5, 0.6) is 0 Å². The second-order valence-corrected chi connectivity index (χ2v) is 7.12. The number of hydrogen-bond acceptors (Lipinski definition) is 3. The molecule has 0 bridgehead atoms. The first-order valence-corrected chi connectivity index (χ1v) is 9.15. The van der Waals surface area contributed by atoms with Crippen LogP contribution in [0.1, 0.15) is 32.1 Å². The van der Waals surface area contributed by atoms with Crippen LogP contribution in [0.15, 0.2) is 30.3 Å². The summed E-state index contributed by atoms with van der Waals surface area (Å²) in [6, 6.07) is 8.18. The molecular weight excluding hydrogens is 318 g/mol. The Balaban J connectivity index is 1.50. The average molecular weight is 341 g/mol. The Morgan fingerprint density at radius 3 is 2.40 bits per heavy atom. The van der Waals surface area contributed by atoms with Crippen LogP contribution in [0.4, 0.5) is 10.5 Å². The molecule has 1 aliphatic carbocycles. The maximum absolute atomic E-state index is 12.8. The van der Waals surface area contributed by atoms with Gasteiger partial charge in [0, 0.05) is 19.0 Å². The highest BCUT2D eigenvalue weighted by Crippen LogP contribution is 2.30. The maximum atomic E-state index is 12.8. The fourth-order valence-electron chi connectivity index (χ4n) is 4.22. The fourth-order valence-corrected chi connectivity index (χ4v) is 4.22. The highest BCUT2D eigenvalue weighted by molar-refractivity contribution is 6.21. The number of hydrogen-bond donors (Lipinski definition) is 0. The van der Waals surface area contributed by atoms with Gasteiger partial charge in [0.25, 0.3) is 5.91 Å². The van der Waals surface area contributed by atoms with Crippen LogP contribution in [0.25, 0.3) is 0 Å². The zero-order valence-electron chi connectivity index (χ0n) is 14.3. The normalized spacial score (nSPS) is 24.6. The minimum absolute atomic E-state index is 0.0951. The first kappa shape index (κ1) is 16.1. The van der Waals surface area contributed by atoms with Gasteiger partial charge in [0.1, 0.15) is 6.04 Å². The van der Waals surface area contributed by atoms with Crippen molar-refractivity contribution < 1.29 is 14.4 Å². The van der Waals surface area contributed by atoms with E-state index in [0.717, 1.165) is 25.7 Å². The fraction of sp³-hybridized carbons (Fsp3) is 0.526. The predicted octanol–water partition coefficient (Wildman–Crippen LogP) is 2.25. The van der Waals surface area contributed by atoms with E-state index in [1.54, 1.807) is 21.9 Å². The molecule has 132 valence electrons. The standard InChI is InChI=1S/C19H23N3O3/c23-17(14-7-3-1-4-8-14)20-11-12-21-16(13-20)18(24)22(19(21)25)15-9-5-2-6-10-15/h2,5-6,9-10,14,16H,1,3-4,7-8,11-13H2. The molecule has 6 heteroatoms. The highest BCUT2D eigenvalue weighted by Gasteiger charge is 2.49. The van der Waals surface area contributed by atoms with Gasteiger partial charge in [-0.3, -0.25) is 9.59 Å². The molecule has 3 aliphatic rings. The zero-order valence-corrected chi connectivity index (χ0v) is 14.3. The number of anilines is 1. The van der Waals surface area contributed by atoms with Crippen LogP contribution in [-0.2, 0) is 9.59 Å². The summed E-state index contributed by atoms with van der Waals surface area (Å²) in [5.74, 6) is 0.0350. The number of rotatable bonds is 2. The molecule has 2 aliphatic heterocycles. The van der Waals surface area contributed by atoms with E-state index < -0.39 is 6.04 Å². The van der Waals surface area contributed by atoms with Crippen molar-refractivity contribution in [1.82, 2.24) is 9.80 Å². The summed E-state index contributed by atoms with van der Waals surface area (Å²) in [6.07, 6.45) is 5.33. The van der Waals surface area contributed by atoms with Gasteiger partial charge in [-0.15, -0.1) is 0 Å². The minimum Gasteiger partial charge on any atom is -0.338 e. The van der Waals surface area contributed by atoms with Gasteiger partial charge in [0.2, 0.25) is 5.91 Å². The molecule has 25 heavy (non-hydrogen) atoms. The van der Waals surface area contributed by atoms with E-state index >= 15 is 0 Å². The van der Waals surface area contributed by atoms with E-state index in [1.165, 1.54) is 11.3 Å². The summed E-state index contributed by atoms with van der Waals surface area (Å²) >= 11 is 0. The Labute approximate surface area is 147 Å². The number of fused-ring (bicyclic) bond motifs is 1. The SMILES string of the molecule is O=C(C1CCCCC1)N1CCN2C(=O)N(c3ccccc3)C(=O)C2C1. The molecule has 1 saturated carbocycles. The molecular formula is C19H23N3O3. The van der Waals surface area contributed by atoms with Crippen molar-refractivity contribution in [2.45, 2.75) is 38.1 Å². The van der Waals surface area contributed by atoms with Gasteiger partial charge in [0.05, 0.1) is 12.2 Å². The molecule has 3 fully saturated rings. The number of imide groups is 1. The topological polar surface area (TPSA) is 60.9 Å². The summed E-state index contributed by atoms with van der Waals surface area (Å²) in [4.78, 5) is 42.9. The van der Waals surface area contributed by atoms with Gasteiger partial charge in [-0.05, 0) is 25.0 Å². The first-order chi connectivity index (χ1) is 12.2. The maximum Gasteiger partial charge on any atom is 0.332 e. The number of urea groups is 1. The summed E-state index contributed by atoms with van der Waals surface area (Å²) in [5, 5.41) is 0. The first-order valence-electron chi connectivity index (χ1n) is 9.15. The number of nitrogens with zero attached hydrogens (tertiary/aromatic N) is 3. The van der Waals surface area contributed by atoms with Crippen molar-refractivity contribution in [3.05, 3.63) is 30.3 Å². The van der Waals surface area contributed by atoms with Crippen molar-refractivity contribution >= 4 is 23.5 Å². The van der Waals surface area contributed by atoms with E-state index in [1.807, 2.05) is 18.2 Å². The number of carbonyl (C=O) groups is 3. The number of benzene rings is 1. The Morgan fingerprint density at radius 1 is 0.960 bits per heavy atom. The third kappa shape index (κ3) is 2.79. The Kier molecular flexibility index (Phi) is 4.19. The lowest BCUT2D eigenvalue weighted by molar-refractivity contribution is -0.139. The van der Waals surface area contributed by atoms with Crippen LogP contribution in [0.3, 0.4) is 0 Å². The molecule has 6 nitrogen and oxygen atoms in total. The third-order valence-corrected chi connectivity index (χ3v) is 5.60. The predicted molar refractivity (Wildman–Crippen MR) is 93.0 cm³/mol. The number of carbonyl (C=O) groups excluding carboxylic acids is 3. The van der Waals surface area contributed by atoms with Crippen molar-refractivity contribution in [1.29, 1.82) is 0 Å². The molecule has 1 aromatic rings. The van der Waals surface area contributed by atoms with Crippen molar-refractivity contribution in [3.63, 3.8) is 0 Å². The van der Waals surface area contributed by atoms with Gasteiger partial charge in [0.15, 0.2) is 0 Å². The molecule has 1 aromatic carbocycles. The van der Waals surface area contributed by atoms with Gasteiger partial charge >= 0.3 is 6.03 Å². The lowest BCUT2D eigenvalue weighted by Crippen LogP contribution is -2.55. The largest absolute Gasteiger partial charge is 0.338 e. The summed E-state index contributed by atoms with van der Waals surface area (Å²) in [5.41, 5.74) is 0.594. The van der Waals surface area contributed by atoms with Crippen LogP contribution in [0.2, 0.25) is 0 Å². The molecule has 0 N–H and O–H groups in total. The monoisotopic (exact) mass is 341 g/mol. The van der Waals surface area contributed by atoms with Crippen LogP contribution < -0.4 is 4.90 Å². The highest BCUT2D eigenvalue weighted by atomic mass is 16.2. The Bertz CT molecular complexity index is 684. The summed E-state index contributed by atoms with van der Waals surface area (Å²) in [6.45, 7) is 1.27. The van der Waals surface area contributed by atoms with Gasteiger partial charge in [-0.2, -0.15) is 0 Å². The molecule has 4 rings (SSSR count). The van der Waals surface area contributed by atoms with Gasteiger partial charge in [-0.25, -0.2) is 9.69 Å². The van der Waals surface area contributed by atoms with Gasteiger partial charge in [-0.1, -0.05) is 37.5 Å². The molecule has 2 saturated heterocycles. The molecule has 4 amide bonds. The Hall–Kier alpha value is -2.37. The Morgan fingerprint density at radius 2 is 1.68 bits per heavy atom. The summed E-state index contributed by atoms with van der Waals surface area (Å²) < 4.78 is 0. The number of amides is 4. The zero-order chi connectivity index (χ0) is 17.4. The molecule has 0 radical (unpaired) electrons. The molecule has 0 spiro atoms. The van der Waals surface area contributed by atoms with Crippen LogP contribution in [-0.4, -0.2) is 53.3 Å². The smallest absolute Gasteiger partial charge is 0.332 e. The van der Waals surface area contributed by atoms with Crippen LogP contribution >= 0.6 is 0 Å². The molecule has 1 unspecified atom stereocenters. The second-order valence-electron chi connectivity index (χ2n) is 7.12. The second kappa shape index (κ2) is 6.50. The summed E-state index contributed by atoms with van der Waals surface area (Å²) in [7, 11) is 0. The third-order valence-electron chi connectivity index (χ3n) is 5.60. The molecule has 1 atom stereocenters. The minimum atomic E-state index is -0.547. The van der Waals surface area contributed by atoms with Crippen molar-refractivity contribution in [3.8, 4) is 0 Å². The van der Waals surface area contributed by atoms with E-state index in [0.29, 0.717) is 25.3 Å². The molecule has 2 heterocycles. The number of para-hydroxylation sites is 1. The van der Waals surface area contributed by atoms with E-state index in [9.17, 15) is 14.4 Å². The number of piperazine rings is 1. The molecule has 0 aromatic heterocycles. The average Bonchev–Trinajstić information content (AvgIpc) is 2.92. The van der Waals surface area contributed by atoms with E-state index in [4.69, 9.17) is 0 Å². The van der Waals surface area contributed by atoms with Crippen LogP contribution in [0, 0.1) is 5.92 Å². The lowest BCUT2D eigenvalue weighted by Gasteiger charge is -2.37. The van der Waals surface area contributed by atoms with E-state index in [-0.39, 0.29) is 23.8 Å². The van der Waals surface area contributed by atoms with Gasteiger partial charge < -0.3 is 9.80 Å². The quantitative estimate of drug-likeness (QED) is 0.775. The van der Waals surface area contributed by atoms with Crippen molar-refractivity contribution in [2.75, 3.05) is 24.5 Å².